The van der Waals surface area contributed by atoms with Crippen LogP contribution >= 0.6 is 27.5 Å². The van der Waals surface area contributed by atoms with Gasteiger partial charge in [-0.1, -0.05) is 57.9 Å². The van der Waals surface area contributed by atoms with Crippen LogP contribution < -0.4 is 0 Å². The number of benzene rings is 2. The largest absolute Gasteiger partial charge is 0.205 e. The van der Waals surface area contributed by atoms with Crippen molar-refractivity contribution in [2.24, 2.45) is 0 Å². The highest BCUT2D eigenvalue weighted by molar-refractivity contribution is 9.09. The third-order valence-corrected chi connectivity index (χ3v) is 5.23. The lowest BCUT2D eigenvalue weighted by atomic mass is 9.89. The molecule has 0 heterocycles. The van der Waals surface area contributed by atoms with E-state index in [1.165, 1.54) is 24.0 Å². The second-order valence-corrected chi connectivity index (χ2v) is 6.56. The van der Waals surface area contributed by atoms with Gasteiger partial charge in [-0.05, 0) is 48.4 Å². The zero-order chi connectivity index (χ0) is 14.1. The Morgan fingerprint density at radius 3 is 2.60 bits per heavy atom. The molecule has 0 spiro atoms. The van der Waals surface area contributed by atoms with Crippen LogP contribution in [0, 0.1) is 5.82 Å². The average molecular weight is 354 g/mol. The molecule has 0 nitrogen and oxygen atoms in total. The van der Waals surface area contributed by atoms with Crippen molar-refractivity contribution in [2.75, 3.05) is 0 Å². The van der Waals surface area contributed by atoms with Crippen molar-refractivity contribution in [1.82, 2.24) is 0 Å². The van der Waals surface area contributed by atoms with Crippen molar-refractivity contribution < 1.29 is 4.39 Å². The van der Waals surface area contributed by atoms with Crippen LogP contribution in [0.25, 0.3) is 0 Å². The molecule has 0 amide bonds. The van der Waals surface area contributed by atoms with E-state index in [1.54, 1.807) is 18.2 Å². The highest BCUT2D eigenvalue weighted by Gasteiger charge is 2.18. The predicted molar refractivity (Wildman–Crippen MR) is 85.3 cm³/mol. The van der Waals surface area contributed by atoms with Gasteiger partial charge in [0.05, 0.1) is 9.85 Å². The van der Waals surface area contributed by atoms with Gasteiger partial charge in [-0.25, -0.2) is 4.39 Å². The van der Waals surface area contributed by atoms with Crippen molar-refractivity contribution in [3.8, 4) is 0 Å². The van der Waals surface area contributed by atoms with Crippen molar-refractivity contribution in [1.29, 1.82) is 0 Å². The molecule has 2 aromatic carbocycles. The fourth-order valence-electron chi connectivity index (χ4n) is 2.81. The van der Waals surface area contributed by atoms with Crippen molar-refractivity contribution in [2.45, 2.75) is 30.5 Å². The van der Waals surface area contributed by atoms with Gasteiger partial charge in [0.15, 0.2) is 0 Å². The normalized spacial score (nSPS) is 15.8. The number of fused-ring (bicyclic) bond motifs is 1. The maximum Gasteiger partial charge on any atom is 0.146 e. The molecule has 0 bridgehead atoms. The Balaban J connectivity index is 1.98. The molecule has 104 valence electrons. The minimum absolute atomic E-state index is 0.159. The van der Waals surface area contributed by atoms with E-state index in [0.29, 0.717) is 5.56 Å². The molecule has 1 atom stereocenters. The lowest BCUT2D eigenvalue weighted by molar-refractivity contribution is 0.614. The molecule has 2 aromatic rings. The molecule has 20 heavy (non-hydrogen) atoms. The van der Waals surface area contributed by atoms with Gasteiger partial charge in [0.2, 0.25) is 0 Å². The monoisotopic (exact) mass is 352 g/mol. The third kappa shape index (κ3) is 2.64. The summed E-state index contributed by atoms with van der Waals surface area (Å²) in [4.78, 5) is -0.159. The number of hydrogen-bond acceptors (Lipinski definition) is 0. The highest BCUT2D eigenvalue weighted by atomic mass is 79.9. The molecule has 0 saturated carbocycles. The van der Waals surface area contributed by atoms with E-state index in [1.807, 2.05) is 0 Å². The van der Waals surface area contributed by atoms with E-state index in [0.717, 1.165) is 18.4 Å². The maximum atomic E-state index is 14.1. The predicted octanol–water partition coefficient (Wildman–Crippen LogP) is 5.84. The number of halogens is 3. The first-order valence-corrected chi connectivity index (χ1v) is 8.16. The summed E-state index contributed by atoms with van der Waals surface area (Å²) in [5.41, 5.74) is 4.52. The fourth-order valence-corrected chi connectivity index (χ4v) is 3.63. The molecule has 0 aromatic heterocycles. The summed E-state index contributed by atoms with van der Waals surface area (Å²) < 4.78 is 14.1. The van der Waals surface area contributed by atoms with Gasteiger partial charge < -0.3 is 0 Å². The fraction of sp³-hybridized carbons (Fsp3) is 0.294. The molecule has 0 aliphatic heterocycles. The Hall–Kier alpha value is -0.860. The molecule has 1 unspecified atom stereocenters. The van der Waals surface area contributed by atoms with Crippen LogP contribution in [0.2, 0.25) is 5.02 Å². The van der Waals surface area contributed by atoms with Crippen molar-refractivity contribution in [3.63, 3.8) is 0 Å². The standard InChI is InChI=1S/C17H15BrClF/c18-16(14-6-3-7-15(19)17(14)20)13-9-8-11-4-1-2-5-12(11)10-13/h3,6-10,16H,1-2,4-5H2. The smallest absolute Gasteiger partial charge is 0.146 e. The molecule has 1 aliphatic rings. The number of alkyl halides is 1. The molecule has 0 saturated heterocycles. The SMILES string of the molecule is Fc1c(Cl)cccc1C(Br)c1ccc2c(c1)CCCC2. The third-order valence-electron chi connectivity index (χ3n) is 3.92. The summed E-state index contributed by atoms with van der Waals surface area (Å²) in [6.07, 6.45) is 4.80. The van der Waals surface area contributed by atoms with Crippen LogP contribution in [0.3, 0.4) is 0 Å². The van der Waals surface area contributed by atoms with Gasteiger partial charge in [0.25, 0.3) is 0 Å². The van der Waals surface area contributed by atoms with Gasteiger partial charge in [-0.3, -0.25) is 0 Å². The van der Waals surface area contributed by atoms with Crippen LogP contribution in [0.1, 0.15) is 39.9 Å². The van der Waals surface area contributed by atoms with Crippen molar-refractivity contribution >= 4 is 27.5 Å². The minimum atomic E-state index is -0.339. The van der Waals surface area contributed by atoms with Crippen LogP contribution in [-0.2, 0) is 12.8 Å². The van der Waals surface area contributed by atoms with E-state index in [4.69, 9.17) is 11.6 Å². The van der Waals surface area contributed by atoms with Gasteiger partial charge in [-0.2, -0.15) is 0 Å². The van der Waals surface area contributed by atoms with Crippen LogP contribution in [-0.4, -0.2) is 0 Å². The first-order valence-electron chi connectivity index (χ1n) is 6.86. The Kier molecular flexibility index (Phi) is 4.13. The quantitative estimate of drug-likeness (QED) is 0.595. The topological polar surface area (TPSA) is 0 Å². The van der Waals surface area contributed by atoms with Crippen LogP contribution in [0.5, 0.6) is 0 Å². The van der Waals surface area contributed by atoms with Gasteiger partial charge in [0.1, 0.15) is 5.82 Å². The molecule has 1 aliphatic carbocycles. The Bertz CT molecular complexity index is 639. The summed E-state index contributed by atoms with van der Waals surface area (Å²) >= 11 is 9.47. The maximum absolute atomic E-state index is 14.1. The summed E-state index contributed by atoms with van der Waals surface area (Å²) in [5, 5.41) is 0.171. The lowest BCUT2D eigenvalue weighted by Crippen LogP contribution is -2.05. The molecular formula is C17H15BrClF. The summed E-state index contributed by atoms with van der Waals surface area (Å²) in [6.45, 7) is 0. The zero-order valence-electron chi connectivity index (χ0n) is 11.0. The first-order chi connectivity index (χ1) is 9.66. The van der Waals surface area contributed by atoms with Gasteiger partial charge in [0, 0.05) is 5.56 Å². The summed E-state index contributed by atoms with van der Waals surface area (Å²) in [7, 11) is 0. The summed E-state index contributed by atoms with van der Waals surface area (Å²) in [6, 6.07) is 11.6. The zero-order valence-corrected chi connectivity index (χ0v) is 13.3. The number of rotatable bonds is 2. The first kappa shape index (κ1) is 14.1. The second-order valence-electron chi connectivity index (χ2n) is 5.24. The average Bonchev–Trinajstić information content (AvgIpc) is 2.49. The molecule has 0 fully saturated rings. The van der Waals surface area contributed by atoms with Crippen LogP contribution in [0.15, 0.2) is 36.4 Å². The minimum Gasteiger partial charge on any atom is -0.205 e. The number of aryl methyl sites for hydroxylation is 2. The Morgan fingerprint density at radius 1 is 1.05 bits per heavy atom. The van der Waals surface area contributed by atoms with Gasteiger partial charge in [-0.15, -0.1) is 0 Å². The molecule has 3 rings (SSSR count). The molecule has 0 radical (unpaired) electrons. The van der Waals surface area contributed by atoms with E-state index < -0.39 is 0 Å². The molecular weight excluding hydrogens is 339 g/mol. The Labute approximate surface area is 132 Å². The second kappa shape index (κ2) is 5.87. The molecule has 0 N–H and O–H groups in total. The van der Waals surface area contributed by atoms with Crippen LogP contribution in [0.4, 0.5) is 4.39 Å². The lowest BCUT2D eigenvalue weighted by Gasteiger charge is -2.19. The molecule has 3 heteroatoms. The highest BCUT2D eigenvalue weighted by Crippen LogP contribution is 2.36. The van der Waals surface area contributed by atoms with E-state index in [-0.39, 0.29) is 15.7 Å². The van der Waals surface area contributed by atoms with E-state index in [9.17, 15) is 4.39 Å². The Morgan fingerprint density at radius 2 is 1.80 bits per heavy atom. The van der Waals surface area contributed by atoms with E-state index >= 15 is 0 Å². The summed E-state index contributed by atoms with van der Waals surface area (Å²) in [5.74, 6) is -0.339. The van der Waals surface area contributed by atoms with Crippen molar-refractivity contribution in [3.05, 3.63) is 69.5 Å². The number of hydrogen-bond donors (Lipinski definition) is 0. The van der Waals surface area contributed by atoms with Gasteiger partial charge >= 0.3 is 0 Å². The van der Waals surface area contributed by atoms with E-state index in [2.05, 4.69) is 34.1 Å².